The molecule has 146 valence electrons. The molecule has 1 amide bonds. The van der Waals surface area contributed by atoms with Crippen LogP contribution in [0.2, 0.25) is 0 Å². The average Bonchev–Trinajstić information content (AvgIpc) is 3.43. The third-order valence-electron chi connectivity index (χ3n) is 5.00. The predicted molar refractivity (Wildman–Crippen MR) is 111 cm³/mol. The Kier molecular flexibility index (Phi) is 4.44. The number of rotatable bonds is 3. The molecule has 0 aliphatic carbocycles. The molecule has 0 unspecified atom stereocenters. The van der Waals surface area contributed by atoms with Gasteiger partial charge in [-0.3, -0.25) is 4.79 Å². The minimum atomic E-state index is -0.0140. The molecule has 1 aliphatic rings. The third kappa shape index (κ3) is 3.33. The molecule has 1 saturated heterocycles. The zero-order valence-corrected chi connectivity index (χ0v) is 16.7. The van der Waals surface area contributed by atoms with Crippen molar-refractivity contribution in [3.05, 3.63) is 59.5 Å². The molecule has 4 heterocycles. The first-order chi connectivity index (χ1) is 14.2. The number of hydrogen-bond donors (Lipinski definition) is 0. The Hall–Kier alpha value is -3.33. The molecule has 1 aliphatic heterocycles. The second-order valence-corrected chi connectivity index (χ2v) is 7.77. The molecule has 0 radical (unpaired) electrons. The molecule has 0 spiro atoms. The quantitative estimate of drug-likeness (QED) is 0.521. The van der Waals surface area contributed by atoms with Gasteiger partial charge < -0.3 is 9.80 Å². The molecular formula is C20H19N7OS. The second-order valence-electron chi connectivity index (χ2n) is 6.91. The molecule has 0 saturated carbocycles. The van der Waals surface area contributed by atoms with Crippen LogP contribution in [-0.4, -0.2) is 61.6 Å². The van der Waals surface area contributed by atoms with Gasteiger partial charge >= 0.3 is 0 Å². The van der Waals surface area contributed by atoms with Crippen molar-refractivity contribution in [1.82, 2.24) is 29.5 Å². The third-order valence-corrected chi connectivity index (χ3v) is 5.89. The van der Waals surface area contributed by atoms with Gasteiger partial charge in [-0.15, -0.1) is 11.3 Å². The van der Waals surface area contributed by atoms with E-state index < -0.39 is 0 Å². The van der Waals surface area contributed by atoms with Crippen molar-refractivity contribution in [3.8, 4) is 10.6 Å². The van der Waals surface area contributed by atoms with Gasteiger partial charge in [-0.05, 0) is 6.92 Å². The van der Waals surface area contributed by atoms with Crippen LogP contribution in [-0.2, 0) is 0 Å². The standard InChI is InChI=1S/C20H19N7OS/c1-14-11-17(27-20(23-14)21-13-22-27)25-7-9-26(10-8-25)19(28)16-12-29-18(24-16)15-5-3-2-4-6-15/h2-6,11-13H,7-10H2,1H3. The van der Waals surface area contributed by atoms with Crippen LogP contribution in [0.25, 0.3) is 16.3 Å². The first-order valence-electron chi connectivity index (χ1n) is 9.41. The molecule has 4 aromatic rings. The number of nitrogens with zero attached hydrogens (tertiary/aromatic N) is 7. The minimum Gasteiger partial charge on any atom is -0.353 e. The molecule has 0 bridgehead atoms. The number of hydrogen-bond acceptors (Lipinski definition) is 7. The summed E-state index contributed by atoms with van der Waals surface area (Å²) in [5, 5.41) is 7.00. The summed E-state index contributed by atoms with van der Waals surface area (Å²) in [5.41, 5.74) is 2.45. The summed E-state index contributed by atoms with van der Waals surface area (Å²) < 4.78 is 1.75. The average molecular weight is 405 g/mol. The number of amides is 1. The fraction of sp³-hybridized carbons (Fsp3) is 0.250. The molecule has 0 atom stereocenters. The maximum Gasteiger partial charge on any atom is 0.273 e. The number of piperazine rings is 1. The van der Waals surface area contributed by atoms with Crippen molar-refractivity contribution in [1.29, 1.82) is 0 Å². The molecule has 1 fully saturated rings. The van der Waals surface area contributed by atoms with E-state index in [1.54, 1.807) is 4.52 Å². The van der Waals surface area contributed by atoms with Gasteiger partial charge in [0.15, 0.2) is 0 Å². The molecule has 8 nitrogen and oxygen atoms in total. The summed E-state index contributed by atoms with van der Waals surface area (Å²) in [4.78, 5) is 30.2. The fourth-order valence-corrected chi connectivity index (χ4v) is 4.32. The van der Waals surface area contributed by atoms with Gasteiger partial charge in [0.05, 0.1) is 0 Å². The number of benzene rings is 1. The van der Waals surface area contributed by atoms with Gasteiger partial charge in [0.1, 0.15) is 22.8 Å². The lowest BCUT2D eigenvalue weighted by atomic mass is 10.2. The van der Waals surface area contributed by atoms with Crippen LogP contribution in [0.4, 0.5) is 5.82 Å². The number of aromatic nitrogens is 5. The maximum atomic E-state index is 12.9. The van der Waals surface area contributed by atoms with Gasteiger partial charge in [0.25, 0.3) is 11.7 Å². The largest absolute Gasteiger partial charge is 0.353 e. The Morgan fingerprint density at radius 1 is 1.07 bits per heavy atom. The lowest BCUT2D eigenvalue weighted by Gasteiger charge is -2.35. The molecular weight excluding hydrogens is 386 g/mol. The Bertz CT molecular complexity index is 1160. The lowest BCUT2D eigenvalue weighted by molar-refractivity contribution is 0.0741. The van der Waals surface area contributed by atoms with Crippen LogP contribution < -0.4 is 4.90 Å². The second kappa shape index (κ2) is 7.25. The van der Waals surface area contributed by atoms with Gasteiger partial charge in [0.2, 0.25) is 0 Å². The minimum absolute atomic E-state index is 0.0140. The van der Waals surface area contributed by atoms with Crippen LogP contribution >= 0.6 is 11.3 Å². The normalized spacial score (nSPS) is 14.5. The summed E-state index contributed by atoms with van der Waals surface area (Å²) in [5.74, 6) is 1.53. The Balaban J connectivity index is 1.30. The summed E-state index contributed by atoms with van der Waals surface area (Å²) in [6.07, 6.45) is 1.51. The van der Waals surface area contributed by atoms with Crippen LogP contribution in [0, 0.1) is 6.92 Å². The number of anilines is 1. The Morgan fingerprint density at radius 2 is 1.86 bits per heavy atom. The fourth-order valence-electron chi connectivity index (χ4n) is 3.52. The Labute approximate surface area is 171 Å². The van der Waals surface area contributed by atoms with Crippen LogP contribution in [0.15, 0.2) is 48.1 Å². The SMILES string of the molecule is Cc1cc(N2CCN(C(=O)c3csc(-c4ccccc4)n3)CC2)n2ncnc2n1. The first-order valence-corrected chi connectivity index (χ1v) is 10.3. The highest BCUT2D eigenvalue weighted by Gasteiger charge is 2.25. The Morgan fingerprint density at radius 3 is 2.66 bits per heavy atom. The van der Waals surface area contributed by atoms with E-state index in [2.05, 4.69) is 25.0 Å². The van der Waals surface area contributed by atoms with Crippen molar-refractivity contribution in [2.24, 2.45) is 0 Å². The van der Waals surface area contributed by atoms with E-state index in [0.717, 1.165) is 35.2 Å². The van der Waals surface area contributed by atoms with Gasteiger partial charge in [0, 0.05) is 48.9 Å². The summed E-state index contributed by atoms with van der Waals surface area (Å²) in [6, 6.07) is 11.9. The van der Waals surface area contributed by atoms with E-state index >= 15 is 0 Å². The summed E-state index contributed by atoms with van der Waals surface area (Å²) in [7, 11) is 0. The van der Waals surface area contributed by atoms with Crippen molar-refractivity contribution in [3.63, 3.8) is 0 Å². The van der Waals surface area contributed by atoms with E-state index in [0.29, 0.717) is 24.6 Å². The van der Waals surface area contributed by atoms with Crippen molar-refractivity contribution >= 4 is 28.8 Å². The number of carbonyl (C=O) groups excluding carboxylic acids is 1. The van der Waals surface area contributed by atoms with Crippen molar-refractivity contribution in [2.75, 3.05) is 31.1 Å². The van der Waals surface area contributed by atoms with Crippen LogP contribution in [0.5, 0.6) is 0 Å². The van der Waals surface area contributed by atoms with E-state index in [9.17, 15) is 4.79 Å². The molecule has 3 aromatic heterocycles. The lowest BCUT2D eigenvalue weighted by Crippen LogP contribution is -2.49. The maximum absolute atomic E-state index is 12.9. The van der Waals surface area contributed by atoms with Crippen LogP contribution in [0.1, 0.15) is 16.2 Å². The highest BCUT2D eigenvalue weighted by molar-refractivity contribution is 7.13. The molecule has 0 N–H and O–H groups in total. The number of fused-ring (bicyclic) bond motifs is 1. The highest BCUT2D eigenvalue weighted by Crippen LogP contribution is 2.24. The van der Waals surface area contributed by atoms with E-state index in [-0.39, 0.29) is 5.91 Å². The van der Waals surface area contributed by atoms with Crippen LogP contribution in [0.3, 0.4) is 0 Å². The smallest absolute Gasteiger partial charge is 0.273 e. The molecule has 5 rings (SSSR count). The molecule has 9 heteroatoms. The molecule has 1 aromatic carbocycles. The monoisotopic (exact) mass is 405 g/mol. The highest BCUT2D eigenvalue weighted by atomic mass is 32.1. The van der Waals surface area contributed by atoms with E-state index in [4.69, 9.17) is 0 Å². The van der Waals surface area contributed by atoms with Crippen molar-refractivity contribution < 1.29 is 4.79 Å². The zero-order valence-electron chi connectivity index (χ0n) is 15.9. The summed E-state index contributed by atoms with van der Waals surface area (Å²) >= 11 is 1.50. The number of thiazole rings is 1. The number of carbonyl (C=O) groups is 1. The number of aryl methyl sites for hydroxylation is 1. The van der Waals surface area contributed by atoms with E-state index in [1.165, 1.54) is 17.7 Å². The topological polar surface area (TPSA) is 79.5 Å². The van der Waals surface area contributed by atoms with E-state index in [1.807, 2.05) is 53.6 Å². The molecule has 29 heavy (non-hydrogen) atoms. The van der Waals surface area contributed by atoms with Crippen molar-refractivity contribution in [2.45, 2.75) is 6.92 Å². The zero-order chi connectivity index (χ0) is 19.8. The summed E-state index contributed by atoms with van der Waals surface area (Å²) in [6.45, 7) is 4.66. The van der Waals surface area contributed by atoms with Gasteiger partial charge in [-0.1, -0.05) is 30.3 Å². The van der Waals surface area contributed by atoms with Gasteiger partial charge in [-0.25, -0.2) is 9.97 Å². The first kappa shape index (κ1) is 17.7. The predicted octanol–water partition coefficient (Wildman–Crippen LogP) is 2.52. The van der Waals surface area contributed by atoms with Gasteiger partial charge in [-0.2, -0.15) is 14.6 Å².